The van der Waals surface area contributed by atoms with Crippen LogP contribution in [0.2, 0.25) is 0 Å². The molecule has 26 heavy (non-hydrogen) atoms. The van der Waals surface area contributed by atoms with Gasteiger partial charge in [0.2, 0.25) is 0 Å². The minimum absolute atomic E-state index is 0.0127. The second-order valence-corrected chi connectivity index (χ2v) is 5.81. The lowest BCUT2D eigenvalue weighted by atomic mass is 10.1. The smallest absolute Gasteiger partial charge is 0.318 e. The second-order valence-electron chi connectivity index (χ2n) is 5.81. The molecule has 0 amide bonds. The number of carbonyl (C=O) groups is 2. The van der Waals surface area contributed by atoms with Gasteiger partial charge in [0.25, 0.3) is 0 Å². The van der Waals surface area contributed by atoms with Crippen molar-refractivity contribution in [1.82, 2.24) is 0 Å². The summed E-state index contributed by atoms with van der Waals surface area (Å²) in [6.07, 6.45) is 0. The van der Waals surface area contributed by atoms with E-state index in [4.69, 9.17) is 14.2 Å². The van der Waals surface area contributed by atoms with Gasteiger partial charge in [-0.2, -0.15) is 0 Å². The van der Waals surface area contributed by atoms with E-state index in [0.717, 1.165) is 11.1 Å². The Balaban J connectivity index is 1.92. The van der Waals surface area contributed by atoms with E-state index in [2.05, 4.69) is 0 Å². The van der Waals surface area contributed by atoms with Crippen LogP contribution in [0.3, 0.4) is 0 Å². The first kappa shape index (κ1) is 19.7. The Morgan fingerprint density at radius 2 is 1.65 bits per heavy atom. The normalized spacial score (nSPS) is 11.6. The molecular formula is C21H24O5. The van der Waals surface area contributed by atoms with Crippen LogP contribution in [0.15, 0.2) is 54.6 Å². The predicted molar refractivity (Wildman–Crippen MR) is 97.7 cm³/mol. The molecule has 0 saturated carbocycles. The highest BCUT2D eigenvalue weighted by molar-refractivity contribution is 5.97. The summed E-state index contributed by atoms with van der Waals surface area (Å²) < 4.78 is 16.4. The summed E-state index contributed by atoms with van der Waals surface area (Å²) >= 11 is 0. The Bertz CT molecular complexity index is 711. The first-order valence-corrected chi connectivity index (χ1v) is 8.61. The fourth-order valence-corrected chi connectivity index (χ4v) is 2.38. The average Bonchev–Trinajstić information content (AvgIpc) is 2.65. The molecule has 138 valence electrons. The molecule has 2 aromatic rings. The lowest BCUT2D eigenvalue weighted by Crippen LogP contribution is -2.28. The van der Waals surface area contributed by atoms with Crippen LogP contribution in [0.4, 0.5) is 0 Å². The summed E-state index contributed by atoms with van der Waals surface area (Å²) in [6.45, 7) is 3.99. The van der Waals surface area contributed by atoms with Gasteiger partial charge in [-0.1, -0.05) is 48.5 Å². The molecule has 0 heterocycles. The van der Waals surface area contributed by atoms with Crippen LogP contribution in [-0.2, 0) is 32.3 Å². The fourth-order valence-electron chi connectivity index (χ4n) is 2.38. The summed E-state index contributed by atoms with van der Waals surface area (Å²) in [7, 11) is 0. The van der Waals surface area contributed by atoms with Crippen molar-refractivity contribution >= 4 is 11.8 Å². The van der Waals surface area contributed by atoms with Crippen LogP contribution >= 0.6 is 0 Å². The number of ketones is 1. The van der Waals surface area contributed by atoms with Gasteiger partial charge >= 0.3 is 5.97 Å². The summed E-state index contributed by atoms with van der Waals surface area (Å²) in [5, 5.41) is 0. The van der Waals surface area contributed by atoms with Crippen molar-refractivity contribution in [3.8, 4) is 5.75 Å². The minimum Gasteiger partial charge on any atom is -0.489 e. The topological polar surface area (TPSA) is 61.8 Å². The maximum Gasteiger partial charge on any atom is 0.318 e. The largest absolute Gasteiger partial charge is 0.489 e. The van der Waals surface area contributed by atoms with Crippen molar-refractivity contribution in [1.29, 1.82) is 0 Å². The van der Waals surface area contributed by atoms with Gasteiger partial charge in [-0.05, 0) is 25.5 Å². The fraction of sp³-hybridized carbons (Fsp3) is 0.333. The van der Waals surface area contributed by atoms with Crippen molar-refractivity contribution < 1.29 is 23.8 Å². The van der Waals surface area contributed by atoms with Gasteiger partial charge < -0.3 is 14.2 Å². The minimum atomic E-state index is -0.896. The Morgan fingerprint density at radius 3 is 2.35 bits per heavy atom. The molecule has 1 unspecified atom stereocenters. The number of benzene rings is 2. The highest BCUT2D eigenvalue weighted by atomic mass is 16.5. The van der Waals surface area contributed by atoms with Gasteiger partial charge in [0, 0.05) is 5.56 Å². The molecule has 5 nitrogen and oxygen atoms in total. The van der Waals surface area contributed by atoms with Gasteiger partial charge in [-0.25, -0.2) is 0 Å². The van der Waals surface area contributed by atoms with Crippen LogP contribution in [0.25, 0.3) is 0 Å². The highest BCUT2D eigenvalue weighted by Crippen LogP contribution is 2.20. The lowest BCUT2D eigenvalue weighted by molar-refractivity contribution is -0.153. The first-order chi connectivity index (χ1) is 12.6. The number of Topliss-reactive ketones (excluding diaryl/α,β-unsaturated/α-hetero) is 1. The number of ether oxygens (including phenoxy) is 3. The Labute approximate surface area is 153 Å². The number of hydrogen-bond donors (Lipinski definition) is 0. The summed E-state index contributed by atoms with van der Waals surface area (Å²) in [6, 6.07) is 17.4. The molecule has 5 heteroatoms. The van der Waals surface area contributed by atoms with Crippen molar-refractivity contribution in [2.24, 2.45) is 5.92 Å². The molecule has 1 atom stereocenters. The van der Waals surface area contributed by atoms with E-state index in [9.17, 15) is 9.59 Å². The zero-order chi connectivity index (χ0) is 18.8. The van der Waals surface area contributed by atoms with Crippen LogP contribution in [-0.4, -0.2) is 25.0 Å². The molecule has 0 aliphatic carbocycles. The third-order valence-corrected chi connectivity index (χ3v) is 3.81. The summed E-state index contributed by atoms with van der Waals surface area (Å²) in [4.78, 5) is 23.4. The quantitative estimate of drug-likeness (QED) is 0.481. The van der Waals surface area contributed by atoms with Gasteiger partial charge in [-0.15, -0.1) is 0 Å². The molecule has 0 spiro atoms. The van der Waals surface area contributed by atoms with Gasteiger partial charge in [-0.3, -0.25) is 9.59 Å². The molecule has 0 aliphatic heterocycles. The van der Waals surface area contributed by atoms with E-state index < -0.39 is 11.9 Å². The molecule has 0 bridgehead atoms. The van der Waals surface area contributed by atoms with E-state index >= 15 is 0 Å². The lowest BCUT2D eigenvalue weighted by Gasteiger charge is -2.15. The van der Waals surface area contributed by atoms with Crippen molar-refractivity contribution in [2.45, 2.75) is 27.1 Å². The van der Waals surface area contributed by atoms with Crippen LogP contribution in [0, 0.1) is 5.92 Å². The van der Waals surface area contributed by atoms with Crippen molar-refractivity contribution in [3.05, 3.63) is 65.7 Å². The maximum atomic E-state index is 11.8. The van der Waals surface area contributed by atoms with E-state index in [0.29, 0.717) is 12.4 Å². The third kappa shape index (κ3) is 6.01. The summed E-state index contributed by atoms with van der Waals surface area (Å²) in [5.41, 5.74) is 1.93. The predicted octanol–water partition coefficient (Wildman–Crippen LogP) is 3.55. The molecule has 0 saturated heterocycles. The van der Waals surface area contributed by atoms with E-state index in [-0.39, 0.29) is 25.6 Å². The van der Waals surface area contributed by atoms with E-state index in [1.54, 1.807) is 6.92 Å². The average molecular weight is 356 g/mol. The maximum absolute atomic E-state index is 11.8. The van der Waals surface area contributed by atoms with Crippen LogP contribution in [0.5, 0.6) is 5.75 Å². The molecular weight excluding hydrogens is 332 g/mol. The van der Waals surface area contributed by atoms with Crippen LogP contribution in [0.1, 0.15) is 25.0 Å². The standard InChI is InChI=1S/C21H24O5/c1-3-25-21(23)19(16(2)22)15-24-14-18-11-7-8-12-20(18)26-13-17-9-5-4-6-10-17/h4-12,19H,3,13-15H2,1-2H3. The second kappa shape index (κ2) is 10.4. The van der Waals surface area contributed by atoms with Gasteiger partial charge in [0.1, 0.15) is 24.1 Å². The first-order valence-electron chi connectivity index (χ1n) is 8.61. The molecule has 2 aromatic carbocycles. The van der Waals surface area contributed by atoms with Crippen molar-refractivity contribution in [2.75, 3.05) is 13.2 Å². The van der Waals surface area contributed by atoms with Crippen molar-refractivity contribution in [3.63, 3.8) is 0 Å². The monoisotopic (exact) mass is 356 g/mol. The number of hydrogen-bond acceptors (Lipinski definition) is 5. The Kier molecular flexibility index (Phi) is 7.83. The number of para-hydroxylation sites is 1. The molecule has 0 N–H and O–H groups in total. The highest BCUT2D eigenvalue weighted by Gasteiger charge is 2.25. The van der Waals surface area contributed by atoms with E-state index in [1.807, 2.05) is 54.6 Å². The van der Waals surface area contributed by atoms with Gasteiger partial charge in [0.15, 0.2) is 0 Å². The Hall–Kier alpha value is -2.66. The molecule has 2 rings (SSSR count). The number of carbonyl (C=O) groups excluding carboxylic acids is 2. The van der Waals surface area contributed by atoms with Gasteiger partial charge in [0.05, 0.1) is 19.8 Å². The molecule has 0 fully saturated rings. The molecule has 0 aromatic heterocycles. The third-order valence-electron chi connectivity index (χ3n) is 3.81. The Morgan fingerprint density at radius 1 is 0.962 bits per heavy atom. The zero-order valence-corrected chi connectivity index (χ0v) is 15.1. The van der Waals surface area contributed by atoms with Crippen LogP contribution < -0.4 is 4.74 Å². The molecule has 0 radical (unpaired) electrons. The summed E-state index contributed by atoms with van der Waals surface area (Å²) in [5.74, 6) is -0.995. The number of esters is 1. The SMILES string of the molecule is CCOC(=O)C(COCc1ccccc1OCc1ccccc1)C(C)=O. The number of rotatable bonds is 10. The van der Waals surface area contributed by atoms with E-state index in [1.165, 1.54) is 6.92 Å². The zero-order valence-electron chi connectivity index (χ0n) is 15.1. The molecule has 0 aliphatic rings.